The summed E-state index contributed by atoms with van der Waals surface area (Å²) in [6.45, 7) is 4.01. The Morgan fingerprint density at radius 1 is 1.15 bits per heavy atom. The second-order valence-corrected chi connectivity index (χ2v) is 6.24. The van der Waals surface area contributed by atoms with Gasteiger partial charge in [-0.3, -0.25) is 9.71 Å². The van der Waals surface area contributed by atoms with Gasteiger partial charge in [0.15, 0.2) is 0 Å². The fourth-order valence-corrected chi connectivity index (χ4v) is 3.01. The number of aromatic nitrogens is 1. The van der Waals surface area contributed by atoms with E-state index in [2.05, 4.69) is 9.71 Å². The highest BCUT2D eigenvalue weighted by Gasteiger charge is 2.16. The lowest BCUT2D eigenvalue weighted by atomic mass is 10.1. The average Bonchev–Trinajstić information content (AvgIpc) is 2.43. The number of nitrogens with one attached hydrogen (secondary N) is 1. The summed E-state index contributed by atoms with van der Waals surface area (Å²) in [4.78, 5) is 4.13. The summed E-state index contributed by atoms with van der Waals surface area (Å²) in [7, 11) is -3.64. The summed E-state index contributed by atoms with van der Waals surface area (Å²) in [6.07, 6.45) is 1.32. The van der Waals surface area contributed by atoms with Gasteiger partial charge in [-0.2, -0.15) is 0 Å². The number of sulfonamides is 1. The predicted molar refractivity (Wildman–Crippen MR) is 78.9 cm³/mol. The maximum absolute atomic E-state index is 12.3. The standard InChI is InChI=1S/C14H17N3O2S/c1-10-4-3-5-11(2)14(10)17-20(18,19)13-7-6-12(8-15)16-9-13/h3-7,9,17H,8,15H2,1-2H3. The largest absolute Gasteiger partial charge is 0.325 e. The molecule has 1 aromatic heterocycles. The quantitative estimate of drug-likeness (QED) is 0.901. The van der Waals surface area contributed by atoms with Gasteiger partial charge < -0.3 is 5.73 Å². The molecule has 3 N–H and O–H groups in total. The number of aryl methyl sites for hydroxylation is 2. The number of hydrogen-bond acceptors (Lipinski definition) is 4. The van der Waals surface area contributed by atoms with Crippen molar-refractivity contribution < 1.29 is 8.42 Å². The lowest BCUT2D eigenvalue weighted by Gasteiger charge is -2.13. The van der Waals surface area contributed by atoms with Crippen LogP contribution >= 0.6 is 0 Å². The molecule has 0 unspecified atom stereocenters. The number of rotatable bonds is 4. The van der Waals surface area contributed by atoms with Crippen LogP contribution in [0.3, 0.4) is 0 Å². The number of benzene rings is 1. The summed E-state index contributed by atoms with van der Waals surface area (Å²) in [6, 6.07) is 8.73. The summed E-state index contributed by atoms with van der Waals surface area (Å²) in [5, 5.41) is 0. The highest BCUT2D eigenvalue weighted by molar-refractivity contribution is 7.92. The maximum atomic E-state index is 12.3. The van der Waals surface area contributed by atoms with Crippen molar-refractivity contribution in [2.75, 3.05) is 4.72 Å². The molecular weight excluding hydrogens is 274 g/mol. The summed E-state index contributed by atoms with van der Waals surface area (Å²) in [5.41, 5.74) is 8.45. The SMILES string of the molecule is Cc1cccc(C)c1NS(=O)(=O)c1ccc(CN)nc1. The molecule has 0 aliphatic rings. The number of para-hydroxylation sites is 1. The normalized spacial score (nSPS) is 11.3. The molecule has 0 radical (unpaired) electrons. The summed E-state index contributed by atoms with van der Waals surface area (Å²) >= 11 is 0. The highest BCUT2D eigenvalue weighted by atomic mass is 32.2. The zero-order chi connectivity index (χ0) is 14.8. The minimum Gasteiger partial charge on any atom is -0.325 e. The highest BCUT2D eigenvalue weighted by Crippen LogP contribution is 2.23. The first-order valence-corrected chi connectivity index (χ1v) is 7.66. The van der Waals surface area contributed by atoms with E-state index >= 15 is 0 Å². The fraction of sp³-hybridized carbons (Fsp3) is 0.214. The van der Waals surface area contributed by atoms with Crippen LogP contribution in [-0.2, 0) is 16.6 Å². The van der Waals surface area contributed by atoms with Crippen molar-refractivity contribution >= 4 is 15.7 Å². The minimum absolute atomic E-state index is 0.123. The molecule has 20 heavy (non-hydrogen) atoms. The molecule has 2 aromatic rings. The van der Waals surface area contributed by atoms with E-state index < -0.39 is 10.0 Å². The van der Waals surface area contributed by atoms with Gasteiger partial charge in [0, 0.05) is 12.7 Å². The molecule has 0 saturated carbocycles. The average molecular weight is 291 g/mol. The number of hydrogen-bond donors (Lipinski definition) is 2. The molecule has 0 amide bonds. The molecule has 0 spiro atoms. The first kappa shape index (κ1) is 14.5. The van der Waals surface area contributed by atoms with Gasteiger partial charge in [-0.1, -0.05) is 18.2 Å². The van der Waals surface area contributed by atoms with Crippen LogP contribution in [0.4, 0.5) is 5.69 Å². The fourth-order valence-electron chi connectivity index (χ4n) is 1.86. The molecule has 0 aliphatic heterocycles. The van der Waals surface area contributed by atoms with Crippen LogP contribution in [0.15, 0.2) is 41.4 Å². The van der Waals surface area contributed by atoms with Crippen molar-refractivity contribution in [3.63, 3.8) is 0 Å². The van der Waals surface area contributed by atoms with Crippen LogP contribution in [0, 0.1) is 13.8 Å². The van der Waals surface area contributed by atoms with E-state index in [1.165, 1.54) is 12.3 Å². The number of nitrogens with two attached hydrogens (primary N) is 1. The first-order valence-electron chi connectivity index (χ1n) is 6.18. The van der Waals surface area contributed by atoms with E-state index in [1.54, 1.807) is 6.07 Å². The van der Waals surface area contributed by atoms with E-state index in [9.17, 15) is 8.42 Å². The predicted octanol–water partition coefficient (Wildman–Crippen LogP) is 1.96. The lowest BCUT2D eigenvalue weighted by molar-refractivity contribution is 0.600. The third-order valence-corrected chi connectivity index (χ3v) is 4.37. The Balaban J connectivity index is 2.35. The van der Waals surface area contributed by atoms with E-state index in [4.69, 9.17) is 5.73 Å². The molecule has 2 rings (SSSR count). The molecule has 0 aliphatic carbocycles. The molecular formula is C14H17N3O2S. The molecule has 5 nitrogen and oxygen atoms in total. The molecule has 0 fully saturated rings. The third-order valence-electron chi connectivity index (χ3n) is 3.03. The van der Waals surface area contributed by atoms with E-state index in [0.717, 1.165) is 11.1 Å². The van der Waals surface area contributed by atoms with Gasteiger partial charge in [-0.25, -0.2) is 8.42 Å². The van der Waals surface area contributed by atoms with Gasteiger partial charge in [-0.05, 0) is 37.1 Å². The van der Waals surface area contributed by atoms with Crippen molar-refractivity contribution in [2.24, 2.45) is 5.73 Å². The second kappa shape index (κ2) is 5.60. The van der Waals surface area contributed by atoms with Crippen LogP contribution in [0.2, 0.25) is 0 Å². The molecule has 106 valence electrons. The van der Waals surface area contributed by atoms with Gasteiger partial charge in [0.1, 0.15) is 4.90 Å². The van der Waals surface area contributed by atoms with Gasteiger partial charge in [-0.15, -0.1) is 0 Å². The van der Waals surface area contributed by atoms with E-state index in [0.29, 0.717) is 11.4 Å². The van der Waals surface area contributed by atoms with Crippen molar-refractivity contribution in [1.82, 2.24) is 4.98 Å². The van der Waals surface area contributed by atoms with E-state index in [-0.39, 0.29) is 11.4 Å². The molecule has 6 heteroatoms. The molecule has 1 aromatic carbocycles. The zero-order valence-electron chi connectivity index (χ0n) is 11.4. The Labute approximate surface area is 118 Å². The summed E-state index contributed by atoms with van der Waals surface area (Å²) in [5.74, 6) is 0. The van der Waals surface area contributed by atoms with Crippen LogP contribution in [0.25, 0.3) is 0 Å². The van der Waals surface area contributed by atoms with Crippen LogP contribution in [0.1, 0.15) is 16.8 Å². The smallest absolute Gasteiger partial charge is 0.263 e. The first-order chi connectivity index (χ1) is 9.44. The molecule has 0 saturated heterocycles. The Morgan fingerprint density at radius 2 is 1.80 bits per heavy atom. The lowest BCUT2D eigenvalue weighted by Crippen LogP contribution is -2.15. The number of nitrogens with zero attached hydrogens (tertiary/aromatic N) is 1. The van der Waals surface area contributed by atoms with Gasteiger partial charge >= 0.3 is 0 Å². The van der Waals surface area contributed by atoms with Gasteiger partial charge in [0.2, 0.25) is 0 Å². The van der Waals surface area contributed by atoms with Crippen LogP contribution in [0.5, 0.6) is 0 Å². The molecule has 0 bridgehead atoms. The Bertz CT molecular complexity index is 689. The Kier molecular flexibility index (Phi) is 4.06. The maximum Gasteiger partial charge on any atom is 0.263 e. The van der Waals surface area contributed by atoms with Crippen molar-refractivity contribution in [3.8, 4) is 0 Å². The number of pyridine rings is 1. The van der Waals surface area contributed by atoms with Gasteiger partial charge in [0.25, 0.3) is 10.0 Å². The number of anilines is 1. The van der Waals surface area contributed by atoms with Crippen molar-refractivity contribution in [2.45, 2.75) is 25.3 Å². The molecule has 1 heterocycles. The monoisotopic (exact) mass is 291 g/mol. The summed E-state index contributed by atoms with van der Waals surface area (Å²) < 4.78 is 27.3. The third kappa shape index (κ3) is 2.97. The van der Waals surface area contributed by atoms with Gasteiger partial charge in [0.05, 0.1) is 11.4 Å². The zero-order valence-corrected chi connectivity index (χ0v) is 12.2. The molecule has 0 atom stereocenters. The Morgan fingerprint density at radius 3 is 2.30 bits per heavy atom. The van der Waals surface area contributed by atoms with Crippen molar-refractivity contribution in [3.05, 3.63) is 53.3 Å². The minimum atomic E-state index is -3.64. The topological polar surface area (TPSA) is 85.1 Å². The van der Waals surface area contributed by atoms with Crippen molar-refractivity contribution in [1.29, 1.82) is 0 Å². The second-order valence-electron chi connectivity index (χ2n) is 4.56. The van der Waals surface area contributed by atoms with Crippen LogP contribution in [-0.4, -0.2) is 13.4 Å². The van der Waals surface area contributed by atoms with Crippen LogP contribution < -0.4 is 10.5 Å². The van der Waals surface area contributed by atoms with E-state index in [1.807, 2.05) is 32.0 Å². The Hall–Kier alpha value is -1.92.